The molecule has 3 rings (SSSR count). The van der Waals surface area contributed by atoms with Crippen molar-refractivity contribution in [2.24, 2.45) is 0 Å². The molecule has 6 nitrogen and oxygen atoms in total. The molecule has 2 aromatic rings. The fourth-order valence-corrected chi connectivity index (χ4v) is 3.13. The predicted octanol–water partition coefficient (Wildman–Crippen LogP) is 1.25. The smallest absolute Gasteiger partial charge is 0.268 e. The highest BCUT2D eigenvalue weighted by Gasteiger charge is 2.17. The molecule has 2 amide bonds. The molecule has 3 heterocycles. The summed E-state index contributed by atoms with van der Waals surface area (Å²) in [5.41, 5.74) is 1.42. The molecule has 0 spiro atoms. The monoisotopic (exact) mass is 307 g/mol. The van der Waals surface area contributed by atoms with E-state index < -0.39 is 0 Å². The fraction of sp³-hybridized carbons (Fsp3) is 0.429. The number of hydrogen-bond acceptors (Lipinski definition) is 4. The predicted molar refractivity (Wildman–Crippen MR) is 80.5 cm³/mol. The molecule has 7 heteroatoms. The van der Waals surface area contributed by atoms with E-state index in [0.29, 0.717) is 18.9 Å². The second-order valence-electron chi connectivity index (χ2n) is 5.02. The molecular weight excluding hydrogens is 290 g/mol. The summed E-state index contributed by atoms with van der Waals surface area (Å²) in [5.74, 6) is -0.427. The maximum absolute atomic E-state index is 12.0. The first-order valence-corrected chi connectivity index (χ1v) is 7.82. The molecule has 1 aliphatic heterocycles. The number of thiophene rings is 1. The lowest BCUT2D eigenvalue weighted by molar-refractivity contribution is -0.121. The third-order valence-corrected chi connectivity index (χ3v) is 4.34. The van der Waals surface area contributed by atoms with Crippen LogP contribution in [0.5, 0.6) is 0 Å². The number of nitrogens with one attached hydrogen (secondary N) is 3. The van der Waals surface area contributed by atoms with Crippen LogP contribution in [0.15, 0.2) is 17.5 Å². The lowest BCUT2D eigenvalue weighted by atomic mass is 10.1. The van der Waals surface area contributed by atoms with E-state index in [9.17, 15) is 9.59 Å². The van der Waals surface area contributed by atoms with Crippen molar-refractivity contribution < 1.29 is 14.3 Å². The van der Waals surface area contributed by atoms with Crippen molar-refractivity contribution in [1.29, 1.82) is 0 Å². The second kappa shape index (κ2) is 6.28. The van der Waals surface area contributed by atoms with Crippen LogP contribution in [0.25, 0.3) is 10.2 Å². The summed E-state index contributed by atoms with van der Waals surface area (Å²) >= 11 is 1.57. The van der Waals surface area contributed by atoms with Gasteiger partial charge in [0.05, 0.1) is 16.8 Å². The standard InChI is InChI=1S/C14H17N3O3S/c18-13(16-9-1-4-20-5-2-9)8-15-14(19)11-7-12-10(17-11)3-6-21-12/h3,6-7,9,17H,1-2,4-5,8H2,(H,15,19)(H,16,18). The first kappa shape index (κ1) is 14.1. The molecule has 0 atom stereocenters. The van der Waals surface area contributed by atoms with Crippen LogP contribution in [-0.2, 0) is 9.53 Å². The van der Waals surface area contributed by atoms with E-state index >= 15 is 0 Å². The summed E-state index contributed by atoms with van der Waals surface area (Å²) < 4.78 is 6.27. The van der Waals surface area contributed by atoms with Crippen molar-refractivity contribution in [3.8, 4) is 0 Å². The quantitative estimate of drug-likeness (QED) is 0.795. The molecular formula is C14H17N3O3S. The van der Waals surface area contributed by atoms with Crippen molar-refractivity contribution in [2.45, 2.75) is 18.9 Å². The van der Waals surface area contributed by atoms with Crippen molar-refractivity contribution in [3.05, 3.63) is 23.2 Å². The van der Waals surface area contributed by atoms with Crippen LogP contribution in [0.2, 0.25) is 0 Å². The summed E-state index contributed by atoms with van der Waals surface area (Å²) in [6.07, 6.45) is 1.65. The zero-order chi connectivity index (χ0) is 14.7. The van der Waals surface area contributed by atoms with Gasteiger partial charge in [-0.2, -0.15) is 0 Å². The van der Waals surface area contributed by atoms with Crippen molar-refractivity contribution >= 4 is 33.4 Å². The lowest BCUT2D eigenvalue weighted by Gasteiger charge is -2.23. The molecule has 0 bridgehead atoms. The molecule has 3 N–H and O–H groups in total. The summed E-state index contributed by atoms with van der Waals surface area (Å²) in [5, 5.41) is 7.50. The molecule has 0 saturated carbocycles. The Morgan fingerprint density at radius 1 is 1.38 bits per heavy atom. The normalized spacial score (nSPS) is 16.0. The van der Waals surface area contributed by atoms with Gasteiger partial charge in [-0.3, -0.25) is 9.59 Å². The van der Waals surface area contributed by atoms with Crippen LogP contribution in [-0.4, -0.2) is 42.6 Å². The number of fused-ring (bicyclic) bond motifs is 1. The summed E-state index contributed by atoms with van der Waals surface area (Å²) in [7, 11) is 0. The van der Waals surface area contributed by atoms with Crippen LogP contribution in [0.3, 0.4) is 0 Å². The Balaban J connectivity index is 1.48. The highest BCUT2D eigenvalue weighted by Crippen LogP contribution is 2.21. The third kappa shape index (κ3) is 3.43. The van der Waals surface area contributed by atoms with E-state index in [-0.39, 0.29) is 24.4 Å². The van der Waals surface area contributed by atoms with Crippen LogP contribution < -0.4 is 10.6 Å². The number of aromatic nitrogens is 1. The zero-order valence-corrected chi connectivity index (χ0v) is 12.3. The third-order valence-electron chi connectivity index (χ3n) is 3.48. The van der Waals surface area contributed by atoms with Crippen LogP contribution in [0, 0.1) is 0 Å². The Labute approximate surface area is 125 Å². The van der Waals surface area contributed by atoms with E-state index in [2.05, 4.69) is 15.6 Å². The minimum absolute atomic E-state index is 0.0111. The summed E-state index contributed by atoms with van der Waals surface area (Å²) in [4.78, 5) is 26.8. The first-order valence-electron chi connectivity index (χ1n) is 6.94. The lowest BCUT2D eigenvalue weighted by Crippen LogP contribution is -2.44. The molecule has 112 valence electrons. The van der Waals surface area contributed by atoms with E-state index in [0.717, 1.165) is 23.1 Å². The molecule has 21 heavy (non-hydrogen) atoms. The summed E-state index contributed by atoms with van der Waals surface area (Å²) in [6, 6.07) is 3.87. The maximum atomic E-state index is 12.0. The van der Waals surface area contributed by atoms with Crippen LogP contribution >= 0.6 is 11.3 Å². The first-order chi connectivity index (χ1) is 10.2. The number of carbonyl (C=O) groups is 2. The fourth-order valence-electron chi connectivity index (χ4n) is 2.35. The van der Waals surface area contributed by atoms with Gasteiger partial charge in [-0.05, 0) is 30.4 Å². The number of rotatable bonds is 4. The van der Waals surface area contributed by atoms with E-state index in [4.69, 9.17) is 4.74 Å². The highest BCUT2D eigenvalue weighted by atomic mass is 32.1. The van der Waals surface area contributed by atoms with E-state index in [1.54, 1.807) is 17.4 Å². The SMILES string of the molecule is O=C(CNC(=O)c1cc2sccc2[nH]1)NC1CCOCC1. The minimum atomic E-state index is -0.263. The van der Waals surface area contributed by atoms with Gasteiger partial charge in [0.15, 0.2) is 0 Å². The van der Waals surface area contributed by atoms with Gasteiger partial charge in [0.2, 0.25) is 5.91 Å². The summed E-state index contributed by atoms with van der Waals surface area (Å²) in [6.45, 7) is 1.34. The van der Waals surface area contributed by atoms with Crippen LogP contribution in [0.4, 0.5) is 0 Å². The molecule has 1 saturated heterocycles. The van der Waals surface area contributed by atoms with Gasteiger partial charge in [0.25, 0.3) is 5.91 Å². The highest BCUT2D eigenvalue weighted by molar-refractivity contribution is 7.17. The number of carbonyl (C=O) groups excluding carboxylic acids is 2. The van der Waals surface area contributed by atoms with Crippen LogP contribution in [0.1, 0.15) is 23.3 Å². The van der Waals surface area contributed by atoms with Gasteiger partial charge in [-0.15, -0.1) is 11.3 Å². The number of hydrogen-bond donors (Lipinski definition) is 3. The topological polar surface area (TPSA) is 83.2 Å². The number of amides is 2. The average molecular weight is 307 g/mol. The average Bonchev–Trinajstić information content (AvgIpc) is 3.07. The van der Waals surface area contributed by atoms with Crippen molar-refractivity contribution in [1.82, 2.24) is 15.6 Å². The van der Waals surface area contributed by atoms with Gasteiger partial charge in [0, 0.05) is 19.3 Å². The van der Waals surface area contributed by atoms with Gasteiger partial charge < -0.3 is 20.4 Å². The molecule has 0 aromatic carbocycles. The Hall–Kier alpha value is -1.86. The number of H-pyrrole nitrogens is 1. The Morgan fingerprint density at radius 2 is 2.19 bits per heavy atom. The number of ether oxygens (including phenoxy) is 1. The van der Waals surface area contributed by atoms with Gasteiger partial charge >= 0.3 is 0 Å². The zero-order valence-electron chi connectivity index (χ0n) is 11.5. The van der Waals surface area contributed by atoms with Gasteiger partial charge in [-0.25, -0.2) is 0 Å². The molecule has 1 fully saturated rings. The molecule has 1 aliphatic rings. The van der Waals surface area contributed by atoms with E-state index in [1.165, 1.54) is 0 Å². The molecule has 0 radical (unpaired) electrons. The van der Waals surface area contributed by atoms with Gasteiger partial charge in [0.1, 0.15) is 5.69 Å². The Bertz CT molecular complexity index is 614. The Kier molecular flexibility index (Phi) is 4.21. The largest absolute Gasteiger partial charge is 0.381 e. The molecule has 0 aliphatic carbocycles. The molecule has 2 aromatic heterocycles. The Morgan fingerprint density at radius 3 is 2.95 bits per heavy atom. The van der Waals surface area contributed by atoms with Crippen molar-refractivity contribution in [3.63, 3.8) is 0 Å². The maximum Gasteiger partial charge on any atom is 0.268 e. The molecule has 0 unspecified atom stereocenters. The van der Waals surface area contributed by atoms with Crippen molar-refractivity contribution in [2.75, 3.05) is 19.8 Å². The second-order valence-corrected chi connectivity index (χ2v) is 5.97. The number of aromatic amines is 1. The van der Waals surface area contributed by atoms with E-state index in [1.807, 2.05) is 11.4 Å². The minimum Gasteiger partial charge on any atom is -0.381 e. The van der Waals surface area contributed by atoms with Gasteiger partial charge in [-0.1, -0.05) is 0 Å².